The van der Waals surface area contributed by atoms with Crippen molar-refractivity contribution in [2.24, 2.45) is 0 Å². The summed E-state index contributed by atoms with van der Waals surface area (Å²) in [5.41, 5.74) is 1.94. The second-order valence-corrected chi connectivity index (χ2v) is 4.53. The van der Waals surface area contributed by atoms with Crippen molar-refractivity contribution in [2.75, 3.05) is 0 Å². The number of hydrogen-bond donors (Lipinski definition) is 1. The number of nitrogens with zero attached hydrogens (tertiary/aromatic N) is 2. The molecule has 64 valence electrons. The normalized spacial score (nSPS) is 14.8. The molecule has 1 aromatic carbocycles. The summed E-state index contributed by atoms with van der Waals surface area (Å²) in [5.74, 6) is 0. The van der Waals surface area contributed by atoms with E-state index in [4.69, 9.17) is 0 Å². The smallest absolute Gasteiger partial charge is 0.105 e. The summed E-state index contributed by atoms with van der Waals surface area (Å²) in [4.78, 5) is 11.0. The SMILES string of the molecule is c1cnc2c3c(ccc2n1)SNS3. The highest BCUT2D eigenvalue weighted by atomic mass is 32.2. The predicted octanol–water partition coefficient (Wildman–Crippen LogP) is 2.25. The van der Waals surface area contributed by atoms with Gasteiger partial charge in [-0.05, 0) is 36.0 Å². The number of fused-ring (bicyclic) bond motifs is 3. The molecule has 5 heteroatoms. The van der Waals surface area contributed by atoms with Gasteiger partial charge in [-0.25, -0.2) is 0 Å². The highest BCUT2D eigenvalue weighted by Crippen LogP contribution is 2.40. The van der Waals surface area contributed by atoms with Crippen LogP contribution in [-0.4, -0.2) is 9.97 Å². The largest absolute Gasteiger partial charge is 0.253 e. The molecule has 0 saturated heterocycles. The molecule has 1 aromatic heterocycles. The van der Waals surface area contributed by atoms with Crippen LogP contribution >= 0.6 is 23.9 Å². The Morgan fingerprint density at radius 3 is 3.00 bits per heavy atom. The maximum absolute atomic E-state index is 4.32. The first kappa shape index (κ1) is 7.61. The third kappa shape index (κ3) is 1.12. The van der Waals surface area contributed by atoms with E-state index in [1.807, 2.05) is 6.07 Å². The Morgan fingerprint density at radius 2 is 2.00 bits per heavy atom. The van der Waals surface area contributed by atoms with Crippen LogP contribution in [0.1, 0.15) is 0 Å². The van der Waals surface area contributed by atoms with E-state index in [0.717, 1.165) is 11.0 Å². The lowest BCUT2D eigenvalue weighted by molar-refractivity contribution is 1.21. The lowest BCUT2D eigenvalue weighted by atomic mass is 10.3. The summed E-state index contributed by atoms with van der Waals surface area (Å²) in [6.07, 6.45) is 3.45. The van der Waals surface area contributed by atoms with Crippen LogP contribution < -0.4 is 4.13 Å². The zero-order valence-corrected chi connectivity index (χ0v) is 8.15. The molecule has 2 aromatic rings. The predicted molar refractivity (Wildman–Crippen MR) is 54.4 cm³/mol. The van der Waals surface area contributed by atoms with Gasteiger partial charge in [0, 0.05) is 17.3 Å². The molecular formula is C8H5N3S2. The molecule has 1 N–H and O–H groups in total. The van der Waals surface area contributed by atoms with Crippen molar-refractivity contribution >= 4 is 34.9 Å². The van der Waals surface area contributed by atoms with Crippen molar-refractivity contribution in [1.29, 1.82) is 0 Å². The van der Waals surface area contributed by atoms with Crippen LogP contribution in [0, 0.1) is 0 Å². The lowest BCUT2D eigenvalue weighted by Gasteiger charge is -1.99. The van der Waals surface area contributed by atoms with Crippen molar-refractivity contribution < 1.29 is 0 Å². The molecule has 1 aliphatic rings. The average molecular weight is 207 g/mol. The molecule has 2 heterocycles. The molecule has 0 spiro atoms. The third-order valence-electron chi connectivity index (χ3n) is 1.85. The molecule has 0 saturated carbocycles. The number of aromatic nitrogens is 2. The molecule has 0 bridgehead atoms. The molecule has 0 atom stereocenters. The lowest BCUT2D eigenvalue weighted by Crippen LogP contribution is -1.84. The van der Waals surface area contributed by atoms with Crippen LogP contribution in [0.3, 0.4) is 0 Å². The van der Waals surface area contributed by atoms with E-state index in [2.05, 4.69) is 20.2 Å². The fourth-order valence-corrected chi connectivity index (χ4v) is 3.14. The standard InChI is InChI=1S/C8H5N3S2/c1-2-6-8(13-11-12-6)7-5(1)9-3-4-10-7/h1-4,11H. The van der Waals surface area contributed by atoms with Gasteiger partial charge in [0.05, 0.1) is 10.4 Å². The van der Waals surface area contributed by atoms with Gasteiger partial charge in [0.25, 0.3) is 0 Å². The van der Waals surface area contributed by atoms with Gasteiger partial charge in [0.1, 0.15) is 5.52 Å². The monoisotopic (exact) mass is 207 g/mol. The Hall–Kier alpha value is -0.780. The van der Waals surface area contributed by atoms with Gasteiger partial charge in [-0.3, -0.25) is 9.97 Å². The van der Waals surface area contributed by atoms with Crippen molar-refractivity contribution in [3.05, 3.63) is 24.5 Å². The minimum absolute atomic E-state index is 0.957. The molecule has 0 unspecified atom stereocenters. The molecule has 3 nitrogen and oxygen atoms in total. The zero-order valence-electron chi connectivity index (χ0n) is 6.52. The molecule has 0 radical (unpaired) electrons. The second kappa shape index (κ2) is 2.87. The summed E-state index contributed by atoms with van der Waals surface area (Å²) >= 11 is 3.24. The van der Waals surface area contributed by atoms with E-state index in [0.29, 0.717) is 0 Å². The van der Waals surface area contributed by atoms with Gasteiger partial charge in [-0.1, -0.05) is 0 Å². The van der Waals surface area contributed by atoms with Gasteiger partial charge in [-0.2, -0.15) is 4.13 Å². The molecule has 13 heavy (non-hydrogen) atoms. The van der Waals surface area contributed by atoms with E-state index in [9.17, 15) is 0 Å². The summed E-state index contributed by atoms with van der Waals surface area (Å²) in [5, 5.41) is 0. The highest BCUT2D eigenvalue weighted by Gasteiger charge is 2.16. The Labute approximate surface area is 83.6 Å². The van der Waals surface area contributed by atoms with Gasteiger partial charge in [0.15, 0.2) is 0 Å². The van der Waals surface area contributed by atoms with Gasteiger partial charge in [-0.15, -0.1) is 0 Å². The van der Waals surface area contributed by atoms with Gasteiger partial charge >= 0.3 is 0 Å². The Bertz CT molecular complexity index is 472. The number of benzene rings is 1. The molecule has 0 aliphatic carbocycles. The van der Waals surface area contributed by atoms with Gasteiger partial charge in [0.2, 0.25) is 0 Å². The number of rotatable bonds is 0. The van der Waals surface area contributed by atoms with Crippen LogP contribution in [-0.2, 0) is 0 Å². The fraction of sp³-hybridized carbons (Fsp3) is 0. The molecule has 1 aliphatic heterocycles. The van der Waals surface area contributed by atoms with Crippen LogP contribution in [0.15, 0.2) is 34.3 Å². The van der Waals surface area contributed by atoms with Crippen molar-refractivity contribution in [2.45, 2.75) is 9.79 Å². The second-order valence-electron chi connectivity index (χ2n) is 2.60. The van der Waals surface area contributed by atoms with Gasteiger partial charge < -0.3 is 0 Å². The first-order valence-corrected chi connectivity index (χ1v) is 5.41. The first-order valence-electron chi connectivity index (χ1n) is 3.77. The Morgan fingerprint density at radius 1 is 1.08 bits per heavy atom. The maximum Gasteiger partial charge on any atom is 0.105 e. The van der Waals surface area contributed by atoms with Crippen LogP contribution in [0.2, 0.25) is 0 Å². The Kier molecular flexibility index (Phi) is 1.68. The summed E-state index contributed by atoms with van der Waals surface area (Å²) in [6, 6.07) is 4.08. The molecule has 0 amide bonds. The van der Waals surface area contributed by atoms with E-state index < -0.39 is 0 Å². The van der Waals surface area contributed by atoms with Crippen LogP contribution in [0.25, 0.3) is 11.0 Å². The fourth-order valence-electron chi connectivity index (χ4n) is 1.28. The minimum atomic E-state index is 0.957. The minimum Gasteiger partial charge on any atom is -0.253 e. The molecule has 0 fully saturated rings. The van der Waals surface area contributed by atoms with Crippen molar-refractivity contribution in [1.82, 2.24) is 14.1 Å². The van der Waals surface area contributed by atoms with Crippen LogP contribution in [0.4, 0.5) is 0 Å². The highest BCUT2D eigenvalue weighted by molar-refractivity contribution is 8.15. The maximum atomic E-state index is 4.32. The summed E-state index contributed by atoms with van der Waals surface area (Å²) in [7, 11) is 0. The Balaban J connectivity index is 2.43. The van der Waals surface area contributed by atoms with E-state index in [1.165, 1.54) is 9.79 Å². The molecular weight excluding hydrogens is 202 g/mol. The van der Waals surface area contributed by atoms with Crippen molar-refractivity contribution in [3.63, 3.8) is 0 Å². The number of nitrogens with one attached hydrogen (secondary N) is 1. The van der Waals surface area contributed by atoms with E-state index in [-0.39, 0.29) is 0 Å². The zero-order chi connectivity index (χ0) is 8.67. The van der Waals surface area contributed by atoms with E-state index in [1.54, 1.807) is 36.3 Å². The van der Waals surface area contributed by atoms with Crippen molar-refractivity contribution in [3.8, 4) is 0 Å². The topological polar surface area (TPSA) is 37.8 Å². The number of hydrogen-bond acceptors (Lipinski definition) is 5. The summed E-state index contributed by atoms with van der Waals surface area (Å²) < 4.78 is 3.15. The quantitative estimate of drug-likeness (QED) is 0.671. The average Bonchev–Trinajstić information content (AvgIpc) is 2.65. The molecule has 3 rings (SSSR count). The van der Waals surface area contributed by atoms with E-state index >= 15 is 0 Å². The third-order valence-corrected chi connectivity index (χ3v) is 3.83. The van der Waals surface area contributed by atoms with Crippen LogP contribution in [0.5, 0.6) is 0 Å². The first-order chi connectivity index (χ1) is 6.45. The summed E-state index contributed by atoms with van der Waals surface area (Å²) in [6.45, 7) is 0.